The van der Waals surface area contributed by atoms with Crippen LogP contribution < -0.4 is 5.73 Å². The molecule has 1 heterocycles. The number of benzene rings is 1. The fourth-order valence-corrected chi connectivity index (χ4v) is 3.55. The number of nitrogens with two attached hydrogens (primary N) is 1. The summed E-state index contributed by atoms with van der Waals surface area (Å²) < 4.78 is 0. The number of aryl methyl sites for hydroxylation is 1. The monoisotopic (exact) mass is 274 g/mol. The summed E-state index contributed by atoms with van der Waals surface area (Å²) in [5, 5.41) is 0. The number of rotatable bonds is 5. The van der Waals surface area contributed by atoms with Crippen LogP contribution in [0, 0.1) is 5.92 Å². The van der Waals surface area contributed by atoms with Crippen molar-refractivity contribution in [2.75, 3.05) is 13.1 Å². The smallest absolute Gasteiger partial charge is 0.0348 e. The number of likely N-dealkylation sites (tertiary alicyclic amines) is 1. The third-order valence-electron chi connectivity index (χ3n) is 4.86. The Morgan fingerprint density at radius 3 is 2.50 bits per heavy atom. The summed E-state index contributed by atoms with van der Waals surface area (Å²) in [4.78, 5) is 2.65. The lowest BCUT2D eigenvalue weighted by atomic mass is 9.89. The molecule has 1 aromatic rings. The zero-order valence-electron chi connectivity index (χ0n) is 13.3. The van der Waals surface area contributed by atoms with Crippen LogP contribution in [0.25, 0.3) is 0 Å². The fourth-order valence-electron chi connectivity index (χ4n) is 3.55. The second-order valence-corrected chi connectivity index (χ2v) is 6.28. The molecule has 1 aliphatic rings. The van der Waals surface area contributed by atoms with E-state index in [1.807, 2.05) is 0 Å². The molecular weight excluding hydrogens is 244 g/mol. The van der Waals surface area contributed by atoms with Crippen molar-refractivity contribution in [3.63, 3.8) is 0 Å². The summed E-state index contributed by atoms with van der Waals surface area (Å²) in [5.41, 5.74) is 8.91. The number of nitrogens with zero attached hydrogens (tertiary/aromatic N) is 1. The van der Waals surface area contributed by atoms with Crippen LogP contribution in [-0.2, 0) is 6.42 Å². The molecule has 3 unspecified atom stereocenters. The van der Waals surface area contributed by atoms with Crippen molar-refractivity contribution >= 4 is 0 Å². The summed E-state index contributed by atoms with van der Waals surface area (Å²) in [7, 11) is 0. The Labute approximate surface area is 124 Å². The first-order valence-electron chi connectivity index (χ1n) is 8.24. The Hall–Kier alpha value is -0.860. The van der Waals surface area contributed by atoms with Gasteiger partial charge in [0.25, 0.3) is 0 Å². The van der Waals surface area contributed by atoms with E-state index < -0.39 is 0 Å². The molecule has 112 valence electrons. The molecule has 0 saturated carbocycles. The molecule has 0 aromatic heterocycles. The van der Waals surface area contributed by atoms with Crippen molar-refractivity contribution in [3.8, 4) is 0 Å². The predicted molar refractivity (Wildman–Crippen MR) is 86.8 cm³/mol. The van der Waals surface area contributed by atoms with Crippen LogP contribution in [-0.4, -0.2) is 24.0 Å². The molecule has 0 spiro atoms. The molecule has 3 atom stereocenters. The van der Waals surface area contributed by atoms with E-state index in [1.54, 1.807) is 0 Å². The van der Waals surface area contributed by atoms with E-state index in [1.165, 1.54) is 30.5 Å². The lowest BCUT2D eigenvalue weighted by molar-refractivity contribution is 0.0733. The fraction of sp³-hybridized carbons (Fsp3) is 0.667. The van der Waals surface area contributed by atoms with Crippen molar-refractivity contribution in [1.82, 2.24) is 4.90 Å². The molecule has 0 bridgehead atoms. The maximum Gasteiger partial charge on any atom is 0.0348 e. The minimum absolute atomic E-state index is 0.530. The average Bonchev–Trinajstić information content (AvgIpc) is 2.50. The first-order valence-corrected chi connectivity index (χ1v) is 8.24. The minimum Gasteiger partial charge on any atom is -0.329 e. The van der Waals surface area contributed by atoms with Gasteiger partial charge in [-0.25, -0.2) is 0 Å². The van der Waals surface area contributed by atoms with Crippen molar-refractivity contribution in [2.45, 2.75) is 58.5 Å². The van der Waals surface area contributed by atoms with E-state index in [2.05, 4.69) is 49.9 Å². The topological polar surface area (TPSA) is 29.3 Å². The van der Waals surface area contributed by atoms with Crippen LogP contribution in [0.4, 0.5) is 0 Å². The van der Waals surface area contributed by atoms with Gasteiger partial charge in [0.05, 0.1) is 0 Å². The SMILES string of the molecule is CCc1ccc(C(CC)N2CCC(C)CC2CN)cc1. The van der Waals surface area contributed by atoms with Crippen LogP contribution >= 0.6 is 0 Å². The van der Waals surface area contributed by atoms with Gasteiger partial charge in [-0.2, -0.15) is 0 Å². The van der Waals surface area contributed by atoms with Crippen LogP contribution in [0.3, 0.4) is 0 Å². The standard InChI is InChI=1S/C18H30N2/c1-4-15-6-8-16(9-7-15)18(5-2)20-11-10-14(3)12-17(20)13-19/h6-9,14,17-18H,4-5,10-13,19H2,1-3H3. The zero-order valence-corrected chi connectivity index (χ0v) is 13.3. The highest BCUT2D eigenvalue weighted by molar-refractivity contribution is 5.25. The van der Waals surface area contributed by atoms with Gasteiger partial charge in [-0.15, -0.1) is 0 Å². The second-order valence-electron chi connectivity index (χ2n) is 6.28. The molecule has 0 radical (unpaired) electrons. The average molecular weight is 274 g/mol. The Bertz CT molecular complexity index is 398. The van der Waals surface area contributed by atoms with Gasteiger partial charge < -0.3 is 5.73 Å². The lowest BCUT2D eigenvalue weighted by Gasteiger charge is -2.43. The Kier molecular flexibility index (Phi) is 5.62. The minimum atomic E-state index is 0.530. The molecule has 20 heavy (non-hydrogen) atoms. The van der Waals surface area contributed by atoms with Crippen molar-refractivity contribution in [3.05, 3.63) is 35.4 Å². The largest absolute Gasteiger partial charge is 0.329 e. The van der Waals surface area contributed by atoms with Gasteiger partial charge in [0.15, 0.2) is 0 Å². The third-order valence-corrected chi connectivity index (χ3v) is 4.86. The lowest BCUT2D eigenvalue weighted by Crippen LogP contribution is -2.47. The maximum atomic E-state index is 6.03. The number of hydrogen-bond donors (Lipinski definition) is 1. The molecule has 0 aliphatic carbocycles. The third kappa shape index (κ3) is 3.42. The van der Waals surface area contributed by atoms with E-state index >= 15 is 0 Å². The molecule has 2 rings (SSSR count). The van der Waals surface area contributed by atoms with Crippen LogP contribution in [0.15, 0.2) is 24.3 Å². The van der Waals surface area contributed by atoms with Crippen LogP contribution in [0.2, 0.25) is 0 Å². The normalized spacial score (nSPS) is 25.6. The van der Waals surface area contributed by atoms with Gasteiger partial charge in [-0.1, -0.05) is 45.0 Å². The summed E-state index contributed by atoms with van der Waals surface area (Å²) >= 11 is 0. The number of hydrogen-bond acceptors (Lipinski definition) is 2. The second kappa shape index (κ2) is 7.24. The highest BCUT2D eigenvalue weighted by Crippen LogP contribution is 2.32. The van der Waals surface area contributed by atoms with Gasteiger partial charge >= 0.3 is 0 Å². The van der Waals surface area contributed by atoms with E-state index in [0.717, 1.165) is 25.3 Å². The number of piperidine rings is 1. The van der Waals surface area contributed by atoms with Gasteiger partial charge in [0, 0.05) is 18.6 Å². The first kappa shape index (κ1) is 15.5. The molecule has 2 nitrogen and oxygen atoms in total. The summed E-state index contributed by atoms with van der Waals surface area (Å²) in [6.07, 6.45) is 4.83. The Morgan fingerprint density at radius 1 is 1.25 bits per heavy atom. The Balaban J connectivity index is 2.17. The molecule has 1 fully saturated rings. The predicted octanol–water partition coefficient (Wildman–Crippen LogP) is 3.76. The summed E-state index contributed by atoms with van der Waals surface area (Å²) in [6, 6.07) is 10.3. The first-order chi connectivity index (χ1) is 9.69. The molecule has 2 N–H and O–H groups in total. The van der Waals surface area contributed by atoms with Gasteiger partial charge in [0.2, 0.25) is 0 Å². The summed E-state index contributed by atoms with van der Waals surface area (Å²) in [5.74, 6) is 0.819. The van der Waals surface area contributed by atoms with Crippen molar-refractivity contribution in [1.29, 1.82) is 0 Å². The molecular formula is C18H30N2. The molecule has 0 amide bonds. The highest BCUT2D eigenvalue weighted by atomic mass is 15.2. The van der Waals surface area contributed by atoms with Crippen molar-refractivity contribution in [2.24, 2.45) is 11.7 Å². The molecule has 1 aliphatic heterocycles. The Morgan fingerprint density at radius 2 is 1.95 bits per heavy atom. The molecule has 2 heteroatoms. The zero-order chi connectivity index (χ0) is 14.5. The summed E-state index contributed by atoms with van der Waals surface area (Å²) in [6.45, 7) is 8.84. The van der Waals surface area contributed by atoms with Gasteiger partial charge in [0.1, 0.15) is 0 Å². The van der Waals surface area contributed by atoms with Crippen LogP contribution in [0.5, 0.6) is 0 Å². The van der Waals surface area contributed by atoms with E-state index in [-0.39, 0.29) is 0 Å². The van der Waals surface area contributed by atoms with Gasteiger partial charge in [-0.3, -0.25) is 4.90 Å². The van der Waals surface area contributed by atoms with Crippen LogP contribution in [0.1, 0.15) is 57.2 Å². The molecule has 1 saturated heterocycles. The highest BCUT2D eigenvalue weighted by Gasteiger charge is 2.30. The van der Waals surface area contributed by atoms with Crippen molar-refractivity contribution < 1.29 is 0 Å². The van der Waals surface area contributed by atoms with Gasteiger partial charge in [-0.05, 0) is 49.3 Å². The quantitative estimate of drug-likeness (QED) is 0.886. The van der Waals surface area contributed by atoms with E-state index in [9.17, 15) is 0 Å². The van der Waals surface area contributed by atoms with E-state index in [4.69, 9.17) is 5.73 Å². The maximum absolute atomic E-state index is 6.03. The molecule has 1 aromatic carbocycles. The van der Waals surface area contributed by atoms with E-state index in [0.29, 0.717) is 12.1 Å².